The highest BCUT2D eigenvalue weighted by Gasteiger charge is 2.21. The minimum Gasteiger partial charge on any atom is -0.449 e. The highest BCUT2D eigenvalue weighted by molar-refractivity contribution is 5.71. The van der Waals surface area contributed by atoms with Crippen molar-refractivity contribution in [2.24, 2.45) is 0 Å². The zero-order chi connectivity index (χ0) is 29.3. The summed E-state index contributed by atoms with van der Waals surface area (Å²) in [5.74, 6) is -0.114. The number of amides is 1. The van der Waals surface area contributed by atoms with Gasteiger partial charge in [-0.25, -0.2) is 4.79 Å². The van der Waals surface area contributed by atoms with Crippen LogP contribution in [0.5, 0.6) is 0 Å². The van der Waals surface area contributed by atoms with Crippen LogP contribution in [0.2, 0.25) is 0 Å². The molecule has 2 aromatic heterocycles. The first-order chi connectivity index (χ1) is 20.1. The number of rotatable bonds is 3. The zero-order valence-corrected chi connectivity index (χ0v) is 22.3. The van der Waals surface area contributed by atoms with Crippen LogP contribution in [0, 0.1) is 34.0 Å². The maximum Gasteiger partial charge on any atom is 0.417 e. The topological polar surface area (TPSA) is 127 Å². The Morgan fingerprint density at radius 1 is 0.854 bits per heavy atom. The summed E-state index contributed by atoms with van der Waals surface area (Å²) in [5.41, 5.74) is 4.73. The van der Waals surface area contributed by atoms with E-state index < -0.39 is 6.09 Å². The van der Waals surface area contributed by atoms with E-state index in [1.54, 1.807) is 43.8 Å². The van der Waals surface area contributed by atoms with Crippen LogP contribution in [0.3, 0.4) is 0 Å². The lowest BCUT2D eigenvalue weighted by molar-refractivity contribution is 0.133. The van der Waals surface area contributed by atoms with Crippen molar-refractivity contribution >= 4 is 6.09 Å². The number of benzene rings is 2. The number of nitrogens with zero attached hydrogens (tertiary/aromatic N) is 6. The van der Waals surface area contributed by atoms with E-state index in [0.29, 0.717) is 23.3 Å². The second-order valence-corrected chi connectivity index (χ2v) is 8.28. The van der Waals surface area contributed by atoms with Gasteiger partial charge in [-0.2, -0.15) is 15.8 Å². The van der Waals surface area contributed by atoms with Crippen LogP contribution in [0.25, 0.3) is 11.1 Å². The number of hydrogen-bond donors (Lipinski definition) is 0. The first kappa shape index (κ1) is 29.5. The van der Waals surface area contributed by atoms with Gasteiger partial charge in [-0.15, -0.1) is 0 Å². The summed E-state index contributed by atoms with van der Waals surface area (Å²) >= 11 is 0. The average molecular weight is 539 g/mol. The van der Waals surface area contributed by atoms with E-state index in [2.05, 4.69) is 22.1 Å². The summed E-state index contributed by atoms with van der Waals surface area (Å²) in [4.78, 5) is 20.5. The predicted octanol–water partition coefficient (Wildman–Crippen LogP) is 6.74. The van der Waals surface area contributed by atoms with Crippen molar-refractivity contribution in [2.45, 2.75) is 12.8 Å². The van der Waals surface area contributed by atoms with Crippen molar-refractivity contribution in [1.29, 1.82) is 15.8 Å². The van der Waals surface area contributed by atoms with Crippen LogP contribution in [-0.4, -0.2) is 27.6 Å². The average Bonchev–Trinajstić information content (AvgIpc) is 3.06. The Morgan fingerprint density at radius 3 is 2.15 bits per heavy atom. The summed E-state index contributed by atoms with van der Waals surface area (Å²) in [7, 11) is 0. The molecule has 8 nitrogen and oxygen atoms in total. The van der Waals surface area contributed by atoms with Crippen molar-refractivity contribution < 1.29 is 9.53 Å². The van der Waals surface area contributed by atoms with E-state index in [9.17, 15) is 10.1 Å². The second-order valence-electron chi connectivity index (χ2n) is 8.28. The van der Waals surface area contributed by atoms with Gasteiger partial charge < -0.3 is 4.74 Å². The summed E-state index contributed by atoms with van der Waals surface area (Å²) < 4.78 is 4.90. The fourth-order valence-corrected chi connectivity index (χ4v) is 3.70. The van der Waals surface area contributed by atoms with Gasteiger partial charge in [-0.05, 0) is 36.2 Å². The molecule has 1 atom stereocenters. The minimum absolute atomic E-state index is 0.114. The molecule has 4 aromatic rings. The Labute approximate surface area is 239 Å². The summed E-state index contributed by atoms with van der Waals surface area (Å²) in [6, 6.07) is 31.1. The normalized spacial score (nSPS) is 12.9. The third-order valence-corrected chi connectivity index (χ3v) is 5.64. The van der Waals surface area contributed by atoms with E-state index in [0.717, 1.165) is 16.7 Å². The molecule has 0 saturated heterocycles. The van der Waals surface area contributed by atoms with Crippen molar-refractivity contribution in [3.8, 4) is 29.3 Å². The molecule has 0 spiro atoms. The molecule has 0 fully saturated rings. The van der Waals surface area contributed by atoms with Gasteiger partial charge in [0, 0.05) is 48.7 Å². The standard InChI is InChI=1S/C15H14N2O2.C12H8N2.C6H4N2/c1-2-19-15(18)17-9-8-14(13(10-16)11-17)12-6-4-3-5-7-12;13-8-11-9-14-7-6-12(11)10-4-2-1-3-5-10;7-4-6-2-1-3-8-5-6/h3-9,11,14H,2H2,1H3;1-7,9H;1-3,5H. The Bertz CT molecular complexity index is 1600. The van der Waals surface area contributed by atoms with Crippen molar-refractivity contribution in [3.63, 3.8) is 0 Å². The van der Waals surface area contributed by atoms with Gasteiger partial charge in [-0.1, -0.05) is 66.7 Å². The third kappa shape index (κ3) is 8.75. The van der Waals surface area contributed by atoms with Gasteiger partial charge in [0.15, 0.2) is 0 Å². The molecule has 41 heavy (non-hydrogen) atoms. The van der Waals surface area contributed by atoms with Crippen LogP contribution in [0.1, 0.15) is 29.5 Å². The van der Waals surface area contributed by atoms with Gasteiger partial charge >= 0.3 is 6.09 Å². The van der Waals surface area contributed by atoms with Gasteiger partial charge in [0.05, 0.1) is 29.4 Å². The lowest BCUT2D eigenvalue weighted by Crippen LogP contribution is -2.24. The molecule has 0 radical (unpaired) electrons. The summed E-state index contributed by atoms with van der Waals surface area (Å²) in [6.07, 6.45) is 11.0. The first-order valence-corrected chi connectivity index (χ1v) is 12.6. The van der Waals surface area contributed by atoms with Gasteiger partial charge in [0.1, 0.15) is 12.1 Å². The first-order valence-electron chi connectivity index (χ1n) is 12.6. The highest BCUT2D eigenvalue weighted by atomic mass is 16.5. The molecule has 5 rings (SSSR count). The molecule has 8 heteroatoms. The molecule has 0 aliphatic carbocycles. The molecule has 1 aliphatic rings. The SMILES string of the molecule is CCOC(=O)N1C=CC(c2ccccc2)C(C#N)=C1.N#Cc1cccnc1.N#Cc1cnccc1-c1ccccc1. The van der Waals surface area contributed by atoms with Crippen LogP contribution in [0.4, 0.5) is 4.79 Å². The van der Waals surface area contributed by atoms with Crippen molar-refractivity contribution in [1.82, 2.24) is 14.9 Å². The van der Waals surface area contributed by atoms with E-state index in [-0.39, 0.29) is 5.92 Å². The predicted molar refractivity (Wildman–Crippen MR) is 154 cm³/mol. The van der Waals surface area contributed by atoms with Gasteiger partial charge in [-0.3, -0.25) is 14.9 Å². The summed E-state index contributed by atoms with van der Waals surface area (Å²) in [6.45, 7) is 2.05. The minimum atomic E-state index is -0.474. The van der Waals surface area contributed by atoms with Crippen LogP contribution in [0.15, 0.2) is 128 Å². The number of nitriles is 3. The maximum absolute atomic E-state index is 11.6. The Morgan fingerprint density at radius 2 is 1.56 bits per heavy atom. The maximum atomic E-state index is 11.6. The second kappa shape index (κ2) is 16.0. The molecule has 2 aromatic carbocycles. The Hall–Kier alpha value is -6.04. The molecule has 1 unspecified atom stereocenters. The molecule has 0 N–H and O–H groups in total. The monoisotopic (exact) mass is 538 g/mol. The molecular weight excluding hydrogens is 512 g/mol. The molecule has 200 valence electrons. The largest absolute Gasteiger partial charge is 0.449 e. The number of hydrogen-bond acceptors (Lipinski definition) is 7. The third-order valence-electron chi connectivity index (χ3n) is 5.64. The molecular formula is C33H26N6O2. The number of carbonyl (C=O) groups excluding carboxylic acids is 1. The number of carbonyl (C=O) groups is 1. The number of allylic oxidation sites excluding steroid dienone is 2. The lowest BCUT2D eigenvalue weighted by Gasteiger charge is -2.22. The summed E-state index contributed by atoms with van der Waals surface area (Å²) in [5, 5.41) is 26.4. The van der Waals surface area contributed by atoms with Crippen LogP contribution >= 0.6 is 0 Å². The number of pyridine rings is 2. The lowest BCUT2D eigenvalue weighted by atomic mass is 9.91. The van der Waals surface area contributed by atoms with E-state index in [1.807, 2.05) is 78.9 Å². The van der Waals surface area contributed by atoms with E-state index >= 15 is 0 Å². The number of ether oxygens (including phenoxy) is 1. The van der Waals surface area contributed by atoms with Crippen LogP contribution in [-0.2, 0) is 4.74 Å². The Balaban J connectivity index is 0.000000184. The molecule has 1 amide bonds. The molecule has 1 aliphatic heterocycles. The zero-order valence-electron chi connectivity index (χ0n) is 22.3. The van der Waals surface area contributed by atoms with Crippen molar-refractivity contribution in [2.75, 3.05) is 6.61 Å². The highest BCUT2D eigenvalue weighted by Crippen LogP contribution is 2.29. The Kier molecular flexibility index (Phi) is 11.5. The van der Waals surface area contributed by atoms with Crippen molar-refractivity contribution in [3.05, 3.63) is 144 Å². The van der Waals surface area contributed by atoms with E-state index in [1.165, 1.54) is 17.3 Å². The smallest absolute Gasteiger partial charge is 0.417 e. The fraction of sp³-hybridized carbons (Fsp3) is 0.0909. The molecule has 0 saturated carbocycles. The van der Waals surface area contributed by atoms with Crippen LogP contribution < -0.4 is 0 Å². The quantitative estimate of drug-likeness (QED) is 0.283. The van der Waals surface area contributed by atoms with Gasteiger partial charge in [0.25, 0.3) is 0 Å². The fourth-order valence-electron chi connectivity index (χ4n) is 3.70. The molecule has 0 bridgehead atoms. The van der Waals surface area contributed by atoms with Gasteiger partial charge in [0.2, 0.25) is 0 Å². The number of aromatic nitrogens is 2. The molecule has 3 heterocycles. The van der Waals surface area contributed by atoms with E-state index in [4.69, 9.17) is 15.3 Å².